The maximum absolute atomic E-state index is 5.52. The highest BCUT2D eigenvalue weighted by atomic mass is 16.5. The summed E-state index contributed by atoms with van der Waals surface area (Å²) in [6, 6.07) is 8.50. The normalized spacial score (nSPS) is 22.2. The SMILES string of the molecule is CC(C)(CN1CCC(c2ccnc(-c3ccncc3)c2)C1)N1CCOCC1. The summed E-state index contributed by atoms with van der Waals surface area (Å²) in [5.74, 6) is 0.592. The number of aromatic nitrogens is 2. The van der Waals surface area contributed by atoms with E-state index in [1.807, 2.05) is 30.7 Å². The molecule has 0 aromatic carbocycles. The van der Waals surface area contributed by atoms with E-state index in [0.717, 1.165) is 50.7 Å². The number of ether oxygens (including phenoxy) is 1. The summed E-state index contributed by atoms with van der Waals surface area (Å²) >= 11 is 0. The van der Waals surface area contributed by atoms with Gasteiger partial charge >= 0.3 is 0 Å². The predicted molar refractivity (Wildman–Crippen MR) is 108 cm³/mol. The van der Waals surface area contributed by atoms with Crippen molar-refractivity contribution in [3.8, 4) is 11.3 Å². The van der Waals surface area contributed by atoms with E-state index in [1.165, 1.54) is 18.5 Å². The lowest BCUT2D eigenvalue weighted by Gasteiger charge is -2.43. The Hall–Kier alpha value is -1.82. The highest BCUT2D eigenvalue weighted by molar-refractivity contribution is 5.59. The third-order valence-corrected chi connectivity index (χ3v) is 5.98. The zero-order valence-corrected chi connectivity index (χ0v) is 16.5. The van der Waals surface area contributed by atoms with Crippen LogP contribution in [0.15, 0.2) is 42.9 Å². The van der Waals surface area contributed by atoms with Crippen molar-refractivity contribution < 1.29 is 4.74 Å². The highest BCUT2D eigenvalue weighted by Gasteiger charge is 2.33. The Balaban J connectivity index is 1.41. The zero-order valence-electron chi connectivity index (χ0n) is 16.5. The van der Waals surface area contributed by atoms with Crippen molar-refractivity contribution in [3.63, 3.8) is 0 Å². The molecule has 2 saturated heterocycles. The molecule has 5 nitrogen and oxygen atoms in total. The van der Waals surface area contributed by atoms with Crippen LogP contribution in [0.25, 0.3) is 11.3 Å². The molecule has 2 aromatic rings. The topological polar surface area (TPSA) is 41.5 Å². The van der Waals surface area contributed by atoms with Gasteiger partial charge in [-0.05, 0) is 62.6 Å². The number of nitrogens with zero attached hydrogens (tertiary/aromatic N) is 4. The second-order valence-electron chi connectivity index (χ2n) is 8.34. The Morgan fingerprint density at radius 3 is 2.63 bits per heavy atom. The number of hydrogen-bond donors (Lipinski definition) is 0. The molecular weight excluding hydrogens is 336 g/mol. The number of pyridine rings is 2. The summed E-state index contributed by atoms with van der Waals surface area (Å²) in [7, 11) is 0. The van der Waals surface area contributed by atoms with Gasteiger partial charge in [-0.1, -0.05) is 0 Å². The van der Waals surface area contributed by atoms with E-state index in [2.05, 4.69) is 45.7 Å². The fourth-order valence-electron chi connectivity index (χ4n) is 4.45. The standard InChI is InChI=1S/C22H30N4O/c1-22(2,26-11-13-27-14-12-26)17-25-10-6-20(16-25)19-5-9-24-21(15-19)18-3-7-23-8-4-18/h3-5,7-9,15,20H,6,10-14,16-17H2,1-2H3. The Kier molecular flexibility index (Phi) is 5.53. The Bertz CT molecular complexity index is 743. The lowest BCUT2D eigenvalue weighted by molar-refractivity contribution is -0.0197. The number of hydrogen-bond acceptors (Lipinski definition) is 5. The van der Waals surface area contributed by atoms with Crippen LogP contribution in [0.2, 0.25) is 0 Å². The maximum atomic E-state index is 5.52. The third-order valence-electron chi connectivity index (χ3n) is 5.98. The molecule has 0 bridgehead atoms. The van der Waals surface area contributed by atoms with Gasteiger partial charge < -0.3 is 9.64 Å². The van der Waals surface area contributed by atoms with E-state index in [4.69, 9.17) is 4.74 Å². The molecule has 1 unspecified atom stereocenters. The molecule has 0 amide bonds. The molecule has 27 heavy (non-hydrogen) atoms. The van der Waals surface area contributed by atoms with E-state index in [0.29, 0.717) is 5.92 Å². The van der Waals surface area contributed by atoms with E-state index in [1.54, 1.807) is 0 Å². The molecule has 0 saturated carbocycles. The van der Waals surface area contributed by atoms with Crippen molar-refractivity contribution in [1.29, 1.82) is 0 Å². The molecule has 2 aliphatic heterocycles. The number of morpholine rings is 1. The average Bonchev–Trinajstić information content (AvgIpc) is 3.17. The van der Waals surface area contributed by atoms with E-state index in [-0.39, 0.29) is 5.54 Å². The molecule has 0 spiro atoms. The van der Waals surface area contributed by atoms with Crippen LogP contribution in [0.3, 0.4) is 0 Å². The zero-order chi connectivity index (χ0) is 18.7. The van der Waals surface area contributed by atoms with E-state index in [9.17, 15) is 0 Å². The van der Waals surface area contributed by atoms with Crippen molar-refractivity contribution in [3.05, 3.63) is 48.4 Å². The fraction of sp³-hybridized carbons (Fsp3) is 0.545. The summed E-state index contributed by atoms with van der Waals surface area (Å²) < 4.78 is 5.52. The molecule has 0 aliphatic carbocycles. The second kappa shape index (κ2) is 8.05. The van der Waals surface area contributed by atoms with Gasteiger partial charge in [0.2, 0.25) is 0 Å². The van der Waals surface area contributed by atoms with Crippen molar-refractivity contribution in [2.75, 3.05) is 45.9 Å². The minimum atomic E-state index is 0.194. The largest absolute Gasteiger partial charge is 0.379 e. The Labute approximate surface area is 162 Å². The predicted octanol–water partition coefficient (Wildman–Crippen LogP) is 3.04. The first-order valence-corrected chi connectivity index (χ1v) is 10.0. The molecule has 144 valence electrons. The Morgan fingerprint density at radius 1 is 1.07 bits per heavy atom. The van der Waals surface area contributed by atoms with Gasteiger partial charge in [0.25, 0.3) is 0 Å². The lowest BCUT2D eigenvalue weighted by Crippen LogP contribution is -2.55. The van der Waals surface area contributed by atoms with Gasteiger partial charge in [0.05, 0.1) is 18.9 Å². The molecule has 5 heteroatoms. The first-order valence-electron chi connectivity index (χ1n) is 10.0. The van der Waals surface area contributed by atoms with Crippen LogP contribution >= 0.6 is 0 Å². The van der Waals surface area contributed by atoms with Crippen molar-refractivity contribution in [2.45, 2.75) is 31.7 Å². The van der Waals surface area contributed by atoms with Gasteiger partial charge in [0.15, 0.2) is 0 Å². The highest BCUT2D eigenvalue weighted by Crippen LogP contribution is 2.31. The van der Waals surface area contributed by atoms with E-state index < -0.39 is 0 Å². The molecule has 4 rings (SSSR count). The van der Waals surface area contributed by atoms with Crippen LogP contribution in [0.1, 0.15) is 31.7 Å². The van der Waals surface area contributed by atoms with Gasteiger partial charge in [-0.3, -0.25) is 14.9 Å². The first-order chi connectivity index (χ1) is 13.1. The van der Waals surface area contributed by atoms with Gasteiger partial charge in [0, 0.05) is 55.9 Å². The van der Waals surface area contributed by atoms with E-state index >= 15 is 0 Å². The van der Waals surface area contributed by atoms with Crippen molar-refractivity contribution in [2.24, 2.45) is 0 Å². The monoisotopic (exact) mass is 366 g/mol. The quantitative estimate of drug-likeness (QED) is 0.814. The number of likely N-dealkylation sites (tertiary alicyclic amines) is 1. The number of rotatable bonds is 5. The second-order valence-corrected chi connectivity index (χ2v) is 8.34. The molecule has 2 fully saturated rings. The van der Waals surface area contributed by atoms with Crippen LogP contribution < -0.4 is 0 Å². The molecule has 0 radical (unpaired) electrons. The smallest absolute Gasteiger partial charge is 0.0705 e. The summed E-state index contributed by atoms with van der Waals surface area (Å²) in [4.78, 5) is 13.9. The molecule has 2 aromatic heterocycles. The summed E-state index contributed by atoms with van der Waals surface area (Å²) in [6.45, 7) is 12.0. The first kappa shape index (κ1) is 18.5. The summed E-state index contributed by atoms with van der Waals surface area (Å²) in [6.07, 6.45) is 6.83. The van der Waals surface area contributed by atoms with Crippen LogP contribution in [0, 0.1) is 0 Å². The van der Waals surface area contributed by atoms with Crippen molar-refractivity contribution >= 4 is 0 Å². The minimum Gasteiger partial charge on any atom is -0.379 e. The van der Waals surface area contributed by atoms with Crippen LogP contribution in [-0.4, -0.2) is 71.2 Å². The van der Waals surface area contributed by atoms with Crippen molar-refractivity contribution in [1.82, 2.24) is 19.8 Å². The van der Waals surface area contributed by atoms with Gasteiger partial charge in [0.1, 0.15) is 0 Å². The maximum Gasteiger partial charge on any atom is 0.0705 e. The average molecular weight is 367 g/mol. The molecule has 4 heterocycles. The molecular formula is C22H30N4O. The summed E-state index contributed by atoms with van der Waals surface area (Å²) in [5.41, 5.74) is 3.78. The minimum absolute atomic E-state index is 0.194. The van der Waals surface area contributed by atoms with Gasteiger partial charge in [-0.25, -0.2) is 0 Å². The summed E-state index contributed by atoms with van der Waals surface area (Å²) in [5, 5.41) is 0. The molecule has 2 aliphatic rings. The van der Waals surface area contributed by atoms with Crippen LogP contribution in [0.4, 0.5) is 0 Å². The third kappa shape index (κ3) is 4.37. The van der Waals surface area contributed by atoms with Crippen LogP contribution in [0.5, 0.6) is 0 Å². The fourth-order valence-corrected chi connectivity index (χ4v) is 4.45. The van der Waals surface area contributed by atoms with Gasteiger partial charge in [-0.15, -0.1) is 0 Å². The molecule has 1 atom stereocenters. The van der Waals surface area contributed by atoms with Gasteiger partial charge in [-0.2, -0.15) is 0 Å². The molecule has 0 N–H and O–H groups in total. The Morgan fingerprint density at radius 2 is 1.85 bits per heavy atom. The van der Waals surface area contributed by atoms with Crippen LogP contribution in [-0.2, 0) is 4.74 Å². The lowest BCUT2D eigenvalue weighted by atomic mass is 9.97.